The smallest absolute Gasteiger partial charge is 0.0761 e. The molecule has 0 aliphatic carbocycles. The molecule has 0 radical (unpaired) electrons. The highest BCUT2D eigenvalue weighted by molar-refractivity contribution is 5.47. The van der Waals surface area contributed by atoms with Gasteiger partial charge in [0.05, 0.1) is 6.10 Å². The first-order valence-electron chi connectivity index (χ1n) is 5.03. The van der Waals surface area contributed by atoms with Crippen LogP contribution in [0.25, 0.3) is 0 Å². The van der Waals surface area contributed by atoms with Crippen molar-refractivity contribution >= 4 is 5.69 Å². The lowest BCUT2D eigenvalue weighted by atomic mass is 10.1. The van der Waals surface area contributed by atoms with Crippen LogP contribution in [0.3, 0.4) is 0 Å². The van der Waals surface area contributed by atoms with Gasteiger partial charge in [0.15, 0.2) is 0 Å². The average Bonchev–Trinajstić information content (AvgIpc) is 2.16. The number of hydrogen-bond acceptors (Lipinski definition) is 2. The second-order valence-electron chi connectivity index (χ2n) is 3.97. The summed E-state index contributed by atoms with van der Waals surface area (Å²) in [5.74, 6) is 0. The Bertz CT molecular complexity index is 277. The van der Waals surface area contributed by atoms with Crippen molar-refractivity contribution in [3.8, 4) is 0 Å². The summed E-state index contributed by atoms with van der Waals surface area (Å²) in [4.78, 5) is 2.20. The standard InChI is InChI=1S/C12H19NO/c1-9(2)13(4)12-7-5-11(6-8-12)10(3)14/h5-10,14H,1-4H3/t10-/m1/s1. The molecule has 2 heteroatoms. The van der Waals surface area contributed by atoms with E-state index in [4.69, 9.17) is 0 Å². The van der Waals surface area contributed by atoms with Gasteiger partial charge in [-0.1, -0.05) is 12.1 Å². The average molecular weight is 193 g/mol. The van der Waals surface area contributed by atoms with Crippen molar-refractivity contribution in [1.82, 2.24) is 0 Å². The van der Waals surface area contributed by atoms with Gasteiger partial charge in [-0.25, -0.2) is 0 Å². The molecule has 0 unspecified atom stereocenters. The second kappa shape index (κ2) is 4.47. The lowest BCUT2D eigenvalue weighted by Crippen LogP contribution is -2.25. The van der Waals surface area contributed by atoms with E-state index in [0.29, 0.717) is 6.04 Å². The SMILES string of the molecule is CC(C)N(C)c1ccc([C@@H](C)O)cc1. The van der Waals surface area contributed by atoms with Gasteiger partial charge in [0.2, 0.25) is 0 Å². The lowest BCUT2D eigenvalue weighted by Gasteiger charge is -2.24. The molecule has 0 aromatic heterocycles. The molecule has 0 heterocycles. The van der Waals surface area contributed by atoms with E-state index < -0.39 is 0 Å². The number of aliphatic hydroxyl groups excluding tert-OH is 1. The maximum absolute atomic E-state index is 9.35. The van der Waals surface area contributed by atoms with Gasteiger partial charge in [-0.05, 0) is 38.5 Å². The Kier molecular flexibility index (Phi) is 3.53. The maximum Gasteiger partial charge on any atom is 0.0761 e. The molecule has 0 saturated carbocycles. The fourth-order valence-corrected chi connectivity index (χ4v) is 1.29. The minimum atomic E-state index is -0.381. The molecular formula is C12H19NO. The van der Waals surface area contributed by atoms with Crippen LogP contribution in [0.2, 0.25) is 0 Å². The van der Waals surface area contributed by atoms with Gasteiger partial charge < -0.3 is 10.0 Å². The molecule has 1 atom stereocenters. The summed E-state index contributed by atoms with van der Waals surface area (Å²) in [6.07, 6.45) is -0.381. The highest BCUT2D eigenvalue weighted by Crippen LogP contribution is 2.19. The van der Waals surface area contributed by atoms with Crippen LogP contribution < -0.4 is 4.90 Å². The number of hydrogen-bond donors (Lipinski definition) is 1. The monoisotopic (exact) mass is 193 g/mol. The molecule has 0 aliphatic rings. The minimum absolute atomic E-state index is 0.381. The van der Waals surface area contributed by atoms with Crippen molar-refractivity contribution in [2.75, 3.05) is 11.9 Å². The predicted molar refractivity (Wildman–Crippen MR) is 60.6 cm³/mol. The molecule has 1 N–H and O–H groups in total. The van der Waals surface area contributed by atoms with Gasteiger partial charge in [-0.3, -0.25) is 0 Å². The largest absolute Gasteiger partial charge is 0.389 e. The summed E-state index contributed by atoms with van der Waals surface area (Å²) in [7, 11) is 2.07. The summed E-state index contributed by atoms with van der Waals surface area (Å²) in [6, 6.07) is 8.52. The molecule has 1 rings (SSSR count). The molecule has 2 nitrogen and oxygen atoms in total. The van der Waals surface area contributed by atoms with Gasteiger partial charge in [0.1, 0.15) is 0 Å². The van der Waals surface area contributed by atoms with Crippen LogP contribution in [-0.4, -0.2) is 18.2 Å². The van der Waals surface area contributed by atoms with Crippen LogP contribution in [0, 0.1) is 0 Å². The van der Waals surface area contributed by atoms with E-state index in [0.717, 1.165) is 5.56 Å². The van der Waals surface area contributed by atoms with Gasteiger partial charge in [0, 0.05) is 18.8 Å². The number of aliphatic hydroxyl groups is 1. The zero-order valence-corrected chi connectivity index (χ0v) is 9.36. The van der Waals surface area contributed by atoms with Crippen molar-refractivity contribution < 1.29 is 5.11 Å². The Labute approximate surface area is 86.2 Å². The highest BCUT2D eigenvalue weighted by atomic mass is 16.3. The lowest BCUT2D eigenvalue weighted by molar-refractivity contribution is 0.199. The molecule has 78 valence electrons. The molecule has 0 bridgehead atoms. The van der Waals surface area contributed by atoms with Crippen molar-refractivity contribution in [2.45, 2.75) is 32.9 Å². The highest BCUT2D eigenvalue weighted by Gasteiger charge is 2.05. The van der Waals surface area contributed by atoms with E-state index in [9.17, 15) is 5.11 Å². The first kappa shape index (κ1) is 11.1. The Morgan fingerprint density at radius 1 is 1.07 bits per heavy atom. The molecule has 0 saturated heterocycles. The molecule has 14 heavy (non-hydrogen) atoms. The first-order valence-corrected chi connectivity index (χ1v) is 5.03. The van der Waals surface area contributed by atoms with E-state index in [1.54, 1.807) is 6.92 Å². The molecule has 0 amide bonds. The predicted octanol–water partition coefficient (Wildman–Crippen LogP) is 2.58. The zero-order chi connectivity index (χ0) is 10.7. The third-order valence-electron chi connectivity index (χ3n) is 2.56. The fraction of sp³-hybridized carbons (Fsp3) is 0.500. The van der Waals surface area contributed by atoms with Gasteiger partial charge in [-0.2, -0.15) is 0 Å². The van der Waals surface area contributed by atoms with Crippen molar-refractivity contribution in [3.05, 3.63) is 29.8 Å². The summed E-state index contributed by atoms with van der Waals surface area (Å²) >= 11 is 0. The zero-order valence-electron chi connectivity index (χ0n) is 9.36. The Hall–Kier alpha value is -1.02. The van der Waals surface area contributed by atoms with E-state index in [-0.39, 0.29) is 6.10 Å². The van der Waals surface area contributed by atoms with Crippen LogP contribution in [-0.2, 0) is 0 Å². The normalized spacial score (nSPS) is 13.0. The van der Waals surface area contributed by atoms with Gasteiger partial charge in [-0.15, -0.1) is 0 Å². The van der Waals surface area contributed by atoms with Gasteiger partial charge in [0.25, 0.3) is 0 Å². The summed E-state index contributed by atoms with van der Waals surface area (Å²) < 4.78 is 0. The topological polar surface area (TPSA) is 23.5 Å². The van der Waals surface area contributed by atoms with Crippen LogP contribution in [0.5, 0.6) is 0 Å². The number of benzene rings is 1. The summed E-state index contributed by atoms with van der Waals surface area (Å²) in [5, 5.41) is 9.35. The summed E-state index contributed by atoms with van der Waals surface area (Å²) in [5.41, 5.74) is 2.15. The molecular weight excluding hydrogens is 174 g/mol. The maximum atomic E-state index is 9.35. The summed E-state index contributed by atoms with van der Waals surface area (Å²) in [6.45, 7) is 6.09. The molecule has 0 aliphatic heterocycles. The Balaban J connectivity index is 2.83. The quantitative estimate of drug-likeness (QED) is 0.797. The van der Waals surface area contributed by atoms with Crippen molar-refractivity contribution in [2.24, 2.45) is 0 Å². The Morgan fingerprint density at radius 3 is 1.93 bits per heavy atom. The third kappa shape index (κ3) is 2.48. The van der Waals surface area contributed by atoms with Gasteiger partial charge >= 0.3 is 0 Å². The number of anilines is 1. The number of rotatable bonds is 3. The molecule has 0 fully saturated rings. The van der Waals surface area contributed by atoms with Crippen LogP contribution in [0.15, 0.2) is 24.3 Å². The van der Waals surface area contributed by atoms with E-state index in [2.05, 4.69) is 25.8 Å². The van der Waals surface area contributed by atoms with E-state index in [1.807, 2.05) is 24.3 Å². The second-order valence-corrected chi connectivity index (χ2v) is 3.97. The van der Waals surface area contributed by atoms with Crippen molar-refractivity contribution in [1.29, 1.82) is 0 Å². The van der Waals surface area contributed by atoms with Crippen LogP contribution in [0.1, 0.15) is 32.4 Å². The third-order valence-corrected chi connectivity index (χ3v) is 2.56. The first-order chi connectivity index (χ1) is 6.52. The fourth-order valence-electron chi connectivity index (χ4n) is 1.29. The van der Waals surface area contributed by atoms with E-state index in [1.165, 1.54) is 5.69 Å². The molecule has 0 spiro atoms. The minimum Gasteiger partial charge on any atom is -0.389 e. The van der Waals surface area contributed by atoms with Crippen molar-refractivity contribution in [3.63, 3.8) is 0 Å². The molecule has 1 aromatic carbocycles. The number of nitrogens with zero attached hydrogens (tertiary/aromatic N) is 1. The van der Waals surface area contributed by atoms with E-state index >= 15 is 0 Å². The molecule has 1 aromatic rings. The van der Waals surface area contributed by atoms with Crippen LogP contribution in [0.4, 0.5) is 5.69 Å². The van der Waals surface area contributed by atoms with Crippen LogP contribution >= 0.6 is 0 Å². The Morgan fingerprint density at radius 2 is 1.57 bits per heavy atom.